The molecule has 0 saturated heterocycles. The molecule has 8 heteroatoms. The van der Waals surface area contributed by atoms with E-state index in [1.807, 2.05) is 38.1 Å². The van der Waals surface area contributed by atoms with E-state index in [2.05, 4.69) is 13.2 Å². The summed E-state index contributed by atoms with van der Waals surface area (Å²) in [5.41, 5.74) is 3.40. The standard InChI is InChI=1S/C36H37ClO5S2/c1-5-7-25(6-2)31-21-34(38)32-22-35(43(39,40)28-18-14-27(37)15-19-28)30(26-12-8-23(3)9-13-26)20-33(32)36(31)44(41,42)29-16-10-24(4)11-17-29/h5-19,30-33,35-36H,1-2,20-22H2,3-4H3/b25-7+/t30-,31-,32+,33-,35?,36?/m0/s1. The molecule has 2 fully saturated rings. The van der Waals surface area contributed by atoms with Crippen molar-refractivity contribution < 1.29 is 21.6 Å². The quantitative estimate of drug-likeness (QED) is 0.234. The molecule has 3 aromatic rings. The van der Waals surface area contributed by atoms with Crippen molar-refractivity contribution in [2.45, 2.75) is 59.3 Å². The van der Waals surface area contributed by atoms with Crippen LogP contribution in [-0.4, -0.2) is 33.1 Å². The van der Waals surface area contributed by atoms with Crippen LogP contribution < -0.4 is 0 Å². The van der Waals surface area contributed by atoms with Crippen molar-refractivity contribution in [1.82, 2.24) is 0 Å². The fourth-order valence-electron chi connectivity index (χ4n) is 7.14. The fraction of sp³-hybridized carbons (Fsp3) is 0.306. The Morgan fingerprint density at radius 1 is 0.773 bits per heavy atom. The molecule has 0 N–H and O–H groups in total. The van der Waals surface area contributed by atoms with E-state index in [1.54, 1.807) is 54.6 Å². The Bertz CT molecular complexity index is 1810. The molecule has 2 aliphatic rings. The molecule has 0 spiro atoms. The minimum atomic E-state index is -3.96. The van der Waals surface area contributed by atoms with Crippen LogP contribution in [0.2, 0.25) is 5.02 Å². The summed E-state index contributed by atoms with van der Waals surface area (Å²) in [4.78, 5) is 14.3. The number of Topliss-reactive ketones (excluding diaryl/α,β-unsaturated/α-hetero) is 1. The maximum atomic E-state index is 14.6. The van der Waals surface area contributed by atoms with Gasteiger partial charge in [0.15, 0.2) is 19.7 Å². The lowest BCUT2D eigenvalue weighted by Gasteiger charge is -2.49. The van der Waals surface area contributed by atoms with Crippen molar-refractivity contribution in [3.05, 3.63) is 131 Å². The van der Waals surface area contributed by atoms with E-state index in [9.17, 15) is 21.6 Å². The maximum absolute atomic E-state index is 14.6. The zero-order chi connectivity index (χ0) is 31.8. The van der Waals surface area contributed by atoms with Crippen molar-refractivity contribution in [3.63, 3.8) is 0 Å². The number of hydrogen-bond acceptors (Lipinski definition) is 5. The molecule has 0 heterocycles. The number of rotatable bonds is 8. The normalized spacial score (nSPS) is 26.1. The molecule has 5 nitrogen and oxygen atoms in total. The van der Waals surface area contributed by atoms with Gasteiger partial charge in [-0.05, 0) is 80.1 Å². The molecule has 6 atom stereocenters. The Kier molecular flexibility index (Phi) is 9.22. The van der Waals surface area contributed by atoms with E-state index in [0.29, 0.717) is 10.6 Å². The van der Waals surface area contributed by atoms with Crippen molar-refractivity contribution in [3.8, 4) is 0 Å². The van der Waals surface area contributed by atoms with Gasteiger partial charge in [0, 0.05) is 29.2 Å². The van der Waals surface area contributed by atoms with E-state index in [0.717, 1.165) is 16.7 Å². The van der Waals surface area contributed by atoms with Crippen LogP contribution in [0.1, 0.15) is 41.9 Å². The van der Waals surface area contributed by atoms with Gasteiger partial charge >= 0.3 is 0 Å². The van der Waals surface area contributed by atoms with Gasteiger partial charge in [-0.25, -0.2) is 16.8 Å². The number of sulfone groups is 2. The van der Waals surface area contributed by atoms with Crippen LogP contribution in [0.5, 0.6) is 0 Å². The third kappa shape index (κ3) is 6.02. The van der Waals surface area contributed by atoms with Crippen LogP contribution in [0.15, 0.2) is 120 Å². The molecule has 3 aromatic carbocycles. The van der Waals surface area contributed by atoms with Crippen molar-refractivity contribution in [2.75, 3.05) is 0 Å². The number of fused-ring (bicyclic) bond motifs is 1. The first kappa shape index (κ1) is 32.1. The number of ketones is 1. The molecule has 0 aromatic heterocycles. The highest BCUT2D eigenvalue weighted by Gasteiger charge is 2.56. The van der Waals surface area contributed by atoms with E-state index in [-0.39, 0.29) is 34.8 Å². The molecule has 5 rings (SSSR count). The molecule has 230 valence electrons. The molecule has 2 saturated carbocycles. The second kappa shape index (κ2) is 12.6. The van der Waals surface area contributed by atoms with Crippen LogP contribution in [0.3, 0.4) is 0 Å². The van der Waals surface area contributed by atoms with Gasteiger partial charge in [0.05, 0.1) is 20.3 Å². The summed E-state index contributed by atoms with van der Waals surface area (Å²) in [7, 11) is -7.87. The molecule has 0 amide bonds. The molecule has 2 aliphatic carbocycles. The van der Waals surface area contributed by atoms with Gasteiger partial charge < -0.3 is 0 Å². The third-order valence-corrected chi connectivity index (χ3v) is 14.2. The summed E-state index contributed by atoms with van der Waals surface area (Å²) in [6, 6.07) is 20.6. The molecular weight excluding hydrogens is 612 g/mol. The number of aryl methyl sites for hydroxylation is 2. The Morgan fingerprint density at radius 3 is 1.89 bits per heavy atom. The summed E-state index contributed by atoms with van der Waals surface area (Å²) in [6.07, 6.45) is 5.14. The third-order valence-electron chi connectivity index (χ3n) is 9.36. The van der Waals surface area contributed by atoms with Crippen LogP contribution in [0.4, 0.5) is 0 Å². The van der Waals surface area contributed by atoms with Gasteiger partial charge in [-0.3, -0.25) is 4.79 Å². The highest BCUT2D eigenvalue weighted by molar-refractivity contribution is 7.92. The monoisotopic (exact) mass is 648 g/mol. The average molecular weight is 649 g/mol. The van der Waals surface area contributed by atoms with Gasteiger partial charge in [0.2, 0.25) is 0 Å². The largest absolute Gasteiger partial charge is 0.299 e. The predicted molar refractivity (Wildman–Crippen MR) is 176 cm³/mol. The second-order valence-electron chi connectivity index (χ2n) is 12.0. The first-order chi connectivity index (χ1) is 20.9. The van der Waals surface area contributed by atoms with Gasteiger partial charge in [-0.15, -0.1) is 0 Å². The zero-order valence-electron chi connectivity index (χ0n) is 24.9. The fourth-order valence-corrected chi connectivity index (χ4v) is 11.6. The minimum Gasteiger partial charge on any atom is -0.299 e. The highest BCUT2D eigenvalue weighted by atomic mass is 35.5. The Hall–Kier alpha value is -3.26. The van der Waals surface area contributed by atoms with Gasteiger partial charge in [0.25, 0.3) is 0 Å². The number of carbonyl (C=O) groups excluding carboxylic acids is 1. The van der Waals surface area contributed by atoms with Crippen LogP contribution in [0, 0.1) is 31.6 Å². The van der Waals surface area contributed by atoms with E-state index >= 15 is 0 Å². The summed E-state index contributed by atoms with van der Waals surface area (Å²) in [6.45, 7) is 11.6. The van der Waals surface area contributed by atoms with Crippen LogP contribution >= 0.6 is 11.6 Å². The number of carbonyl (C=O) groups is 1. The Morgan fingerprint density at radius 2 is 1.32 bits per heavy atom. The molecule has 0 aliphatic heterocycles. The first-order valence-electron chi connectivity index (χ1n) is 14.7. The molecule has 0 bridgehead atoms. The zero-order valence-corrected chi connectivity index (χ0v) is 27.3. The van der Waals surface area contributed by atoms with Crippen LogP contribution in [-0.2, 0) is 24.5 Å². The molecule has 2 unspecified atom stereocenters. The second-order valence-corrected chi connectivity index (χ2v) is 16.7. The number of allylic oxidation sites excluding steroid dienone is 4. The lowest BCUT2D eigenvalue weighted by atomic mass is 9.61. The SMILES string of the molecule is C=C/C=C(\C=C)[C@@H]1CC(=O)[C@@H]2CC(S(=O)(=O)c3ccc(Cl)cc3)[C@H](c3ccc(C)cc3)C[C@@H]2C1S(=O)(=O)c1ccc(C)cc1. The van der Waals surface area contributed by atoms with Gasteiger partial charge in [-0.1, -0.05) is 90.5 Å². The first-order valence-corrected chi connectivity index (χ1v) is 18.2. The number of benzene rings is 3. The summed E-state index contributed by atoms with van der Waals surface area (Å²) in [5, 5.41) is -1.45. The van der Waals surface area contributed by atoms with Crippen LogP contribution in [0.25, 0.3) is 0 Å². The predicted octanol–water partition coefficient (Wildman–Crippen LogP) is 7.64. The lowest BCUT2D eigenvalue weighted by molar-refractivity contribution is -0.129. The van der Waals surface area contributed by atoms with E-state index in [1.165, 1.54) is 12.1 Å². The summed E-state index contributed by atoms with van der Waals surface area (Å²) < 4.78 is 57.7. The smallest absolute Gasteiger partial charge is 0.182 e. The van der Waals surface area contributed by atoms with Gasteiger partial charge in [-0.2, -0.15) is 0 Å². The van der Waals surface area contributed by atoms with E-state index in [4.69, 9.17) is 11.6 Å². The number of hydrogen-bond donors (Lipinski definition) is 0. The van der Waals surface area contributed by atoms with Crippen molar-refractivity contribution in [1.29, 1.82) is 0 Å². The molecule has 44 heavy (non-hydrogen) atoms. The molecule has 0 radical (unpaired) electrons. The van der Waals surface area contributed by atoms with Gasteiger partial charge in [0.1, 0.15) is 5.78 Å². The number of halogens is 1. The lowest BCUT2D eigenvalue weighted by Crippen LogP contribution is -2.54. The topological polar surface area (TPSA) is 85.3 Å². The Balaban J connectivity index is 1.68. The van der Waals surface area contributed by atoms with E-state index < -0.39 is 53.8 Å². The maximum Gasteiger partial charge on any atom is 0.182 e. The average Bonchev–Trinajstić information content (AvgIpc) is 3.00. The summed E-state index contributed by atoms with van der Waals surface area (Å²) >= 11 is 6.07. The van der Waals surface area contributed by atoms with Crippen molar-refractivity contribution >= 4 is 37.1 Å². The highest BCUT2D eigenvalue weighted by Crippen LogP contribution is 2.53. The van der Waals surface area contributed by atoms with Crippen molar-refractivity contribution in [2.24, 2.45) is 17.8 Å². The minimum absolute atomic E-state index is 0.0223. The Labute approximate surface area is 266 Å². The molecular formula is C36H37ClO5S2. The summed E-state index contributed by atoms with van der Waals surface area (Å²) in [5.74, 6) is -2.64.